The maximum absolute atomic E-state index is 12.6. The third-order valence-electron chi connectivity index (χ3n) is 6.38. The highest BCUT2D eigenvalue weighted by Crippen LogP contribution is 2.39. The van der Waals surface area contributed by atoms with Crippen molar-refractivity contribution < 1.29 is 47.9 Å². The van der Waals surface area contributed by atoms with Gasteiger partial charge in [0, 0.05) is 23.5 Å². The van der Waals surface area contributed by atoms with Crippen LogP contribution in [0.5, 0.6) is 34.5 Å². The summed E-state index contributed by atoms with van der Waals surface area (Å²) in [6.07, 6.45) is 12.3. The zero-order valence-corrected chi connectivity index (χ0v) is 26.8. The highest BCUT2D eigenvalue weighted by Gasteiger charge is 2.13. The lowest BCUT2D eigenvalue weighted by atomic mass is 10.1. The number of carbonyl (C=O) groups excluding carboxylic acids is 2. The number of rotatable bonds is 15. The van der Waals surface area contributed by atoms with Crippen molar-refractivity contribution in [1.29, 1.82) is 0 Å². The molecule has 0 spiro atoms. The second-order valence-electron chi connectivity index (χ2n) is 9.44. The van der Waals surface area contributed by atoms with Gasteiger partial charge in [-0.05, 0) is 53.6 Å². The maximum Gasteiger partial charge on any atom is 0.335 e. The molecule has 12 heteroatoms. The fraction of sp³-hybridized carbons (Fsp3) is 0.171. The Labute approximate surface area is 272 Å². The fourth-order valence-electron chi connectivity index (χ4n) is 4.28. The van der Waals surface area contributed by atoms with E-state index >= 15 is 0 Å². The van der Waals surface area contributed by atoms with Crippen molar-refractivity contribution in [2.75, 3.05) is 53.3 Å². The predicted molar refractivity (Wildman–Crippen MR) is 179 cm³/mol. The average Bonchev–Trinajstić information content (AvgIpc) is 3.07. The molecule has 0 aliphatic rings. The topological polar surface area (TPSA) is 151 Å². The van der Waals surface area contributed by atoms with Gasteiger partial charge >= 0.3 is 5.97 Å². The maximum atomic E-state index is 12.6. The number of anilines is 2. The molecule has 246 valence electrons. The monoisotopic (exact) mass is 644 g/mol. The minimum atomic E-state index is -1.23. The zero-order valence-electron chi connectivity index (χ0n) is 26.8. The van der Waals surface area contributed by atoms with Crippen molar-refractivity contribution in [2.24, 2.45) is 0 Å². The van der Waals surface area contributed by atoms with Gasteiger partial charge in [0.15, 0.2) is 23.0 Å². The molecular formula is C35H36N2O10. The third-order valence-corrected chi connectivity index (χ3v) is 6.38. The van der Waals surface area contributed by atoms with E-state index in [9.17, 15) is 19.5 Å². The number of hydrogen-bond acceptors (Lipinski definition) is 9. The van der Waals surface area contributed by atoms with E-state index in [1.807, 2.05) is 0 Å². The first-order chi connectivity index (χ1) is 22.6. The molecule has 3 aromatic rings. The summed E-state index contributed by atoms with van der Waals surface area (Å²) in [5.74, 6) is 0.586. The summed E-state index contributed by atoms with van der Waals surface area (Å²) in [6, 6.07) is 11.0. The van der Waals surface area contributed by atoms with E-state index in [0.29, 0.717) is 34.5 Å². The molecule has 0 heterocycles. The first-order valence-corrected chi connectivity index (χ1v) is 14.0. The smallest absolute Gasteiger partial charge is 0.335 e. The lowest BCUT2D eigenvalue weighted by molar-refractivity contribution is -0.112. The lowest BCUT2D eigenvalue weighted by Crippen LogP contribution is -2.12. The van der Waals surface area contributed by atoms with Gasteiger partial charge in [-0.3, -0.25) is 9.59 Å². The van der Waals surface area contributed by atoms with E-state index in [4.69, 9.17) is 28.4 Å². The number of benzene rings is 3. The largest absolute Gasteiger partial charge is 0.493 e. The summed E-state index contributed by atoms with van der Waals surface area (Å²) in [5, 5.41) is 14.8. The number of amides is 2. The van der Waals surface area contributed by atoms with Crippen LogP contribution in [0.1, 0.15) is 21.5 Å². The SMILES string of the molecule is COc1cc(C=CC=CC(=O)Nc2cc(NC(=O)C=CC=Cc3cc(OC)c(OC)c(OC)c3)cc(C(=O)O)c2)cc(OC)c1OC. The molecule has 3 N–H and O–H groups in total. The Morgan fingerprint density at radius 1 is 0.532 bits per heavy atom. The number of nitrogens with one attached hydrogen (secondary N) is 2. The van der Waals surface area contributed by atoms with Crippen LogP contribution in [0.25, 0.3) is 12.2 Å². The van der Waals surface area contributed by atoms with Crippen LogP contribution in [0.4, 0.5) is 11.4 Å². The molecule has 0 saturated carbocycles. The summed E-state index contributed by atoms with van der Waals surface area (Å²) in [5.41, 5.74) is 1.70. The molecular weight excluding hydrogens is 608 g/mol. The summed E-state index contributed by atoms with van der Waals surface area (Å²) >= 11 is 0. The molecule has 0 fully saturated rings. The number of carboxylic acid groups (broad SMARTS) is 1. The Hall–Kier alpha value is -6.17. The molecule has 2 amide bonds. The number of carbonyl (C=O) groups is 3. The number of ether oxygens (including phenoxy) is 6. The highest BCUT2D eigenvalue weighted by atomic mass is 16.5. The first kappa shape index (κ1) is 35.3. The Bertz CT molecular complexity index is 1560. The van der Waals surface area contributed by atoms with Crippen LogP contribution in [0.3, 0.4) is 0 Å². The molecule has 3 rings (SSSR count). The normalized spacial score (nSPS) is 11.2. The number of allylic oxidation sites excluding steroid dienone is 4. The van der Waals surface area contributed by atoms with Crippen molar-refractivity contribution in [2.45, 2.75) is 0 Å². The molecule has 0 aromatic heterocycles. The molecule has 47 heavy (non-hydrogen) atoms. The average molecular weight is 645 g/mol. The van der Waals surface area contributed by atoms with Gasteiger partial charge in [-0.1, -0.05) is 36.5 Å². The minimum absolute atomic E-state index is 0.129. The van der Waals surface area contributed by atoms with Crippen molar-refractivity contribution >= 4 is 41.3 Å². The van der Waals surface area contributed by atoms with E-state index in [1.54, 1.807) is 48.6 Å². The Balaban J connectivity index is 1.67. The molecule has 0 atom stereocenters. The van der Waals surface area contributed by atoms with Crippen LogP contribution in [-0.2, 0) is 9.59 Å². The summed E-state index contributed by atoms with van der Waals surface area (Å²) < 4.78 is 32.0. The molecule has 0 aliphatic carbocycles. The number of carboxylic acids is 1. The summed E-state index contributed by atoms with van der Waals surface area (Å²) in [6.45, 7) is 0. The molecule has 0 aliphatic heterocycles. The van der Waals surface area contributed by atoms with Gasteiger partial charge in [0.2, 0.25) is 23.3 Å². The van der Waals surface area contributed by atoms with Crippen molar-refractivity contribution in [1.82, 2.24) is 0 Å². The molecule has 0 unspecified atom stereocenters. The second kappa shape index (κ2) is 17.4. The Morgan fingerprint density at radius 3 is 1.19 bits per heavy atom. The third kappa shape index (κ3) is 9.91. The lowest BCUT2D eigenvalue weighted by Gasteiger charge is -2.12. The predicted octanol–water partition coefficient (Wildman–Crippen LogP) is 5.85. The van der Waals surface area contributed by atoms with Crippen LogP contribution in [0.2, 0.25) is 0 Å². The van der Waals surface area contributed by atoms with Crippen LogP contribution in [-0.4, -0.2) is 65.5 Å². The number of hydrogen-bond donors (Lipinski definition) is 3. The Morgan fingerprint density at radius 2 is 0.894 bits per heavy atom. The van der Waals surface area contributed by atoms with Crippen molar-refractivity contribution in [3.05, 3.63) is 95.6 Å². The number of methoxy groups -OCH3 is 6. The molecule has 0 radical (unpaired) electrons. The first-order valence-electron chi connectivity index (χ1n) is 14.0. The van der Waals surface area contributed by atoms with Gasteiger partial charge in [0.25, 0.3) is 0 Å². The summed E-state index contributed by atoms with van der Waals surface area (Å²) in [7, 11) is 9.08. The molecule has 0 bridgehead atoms. The van der Waals surface area contributed by atoms with Crippen LogP contribution < -0.4 is 39.1 Å². The van der Waals surface area contributed by atoms with Crippen molar-refractivity contribution in [3.8, 4) is 34.5 Å². The second-order valence-corrected chi connectivity index (χ2v) is 9.44. The van der Waals surface area contributed by atoms with E-state index in [-0.39, 0.29) is 16.9 Å². The molecule has 3 aromatic carbocycles. The van der Waals surface area contributed by atoms with E-state index in [2.05, 4.69) is 10.6 Å². The van der Waals surface area contributed by atoms with Gasteiger partial charge in [0.1, 0.15) is 0 Å². The van der Waals surface area contributed by atoms with Crippen LogP contribution in [0, 0.1) is 0 Å². The van der Waals surface area contributed by atoms with Gasteiger partial charge in [-0.2, -0.15) is 0 Å². The molecule has 0 saturated heterocycles. The summed E-state index contributed by atoms with van der Waals surface area (Å²) in [4.78, 5) is 36.8. The number of aromatic carboxylic acids is 1. The van der Waals surface area contributed by atoms with Gasteiger partial charge < -0.3 is 44.2 Å². The minimum Gasteiger partial charge on any atom is -0.493 e. The van der Waals surface area contributed by atoms with E-state index in [0.717, 1.165) is 11.1 Å². The Kier molecular flexibility index (Phi) is 13.0. The quantitative estimate of drug-likeness (QED) is 0.136. The van der Waals surface area contributed by atoms with Gasteiger partial charge in [0.05, 0.1) is 48.2 Å². The van der Waals surface area contributed by atoms with E-state index in [1.165, 1.54) is 85.2 Å². The zero-order chi connectivity index (χ0) is 34.3. The van der Waals surface area contributed by atoms with Gasteiger partial charge in [-0.25, -0.2) is 4.79 Å². The van der Waals surface area contributed by atoms with Crippen molar-refractivity contribution in [3.63, 3.8) is 0 Å². The highest BCUT2D eigenvalue weighted by molar-refractivity contribution is 6.03. The van der Waals surface area contributed by atoms with Crippen LogP contribution >= 0.6 is 0 Å². The molecule has 12 nitrogen and oxygen atoms in total. The standard InChI is InChI=1S/C35H36N2O10/c1-42-27-15-22(16-28(43-2)33(27)46-5)11-7-9-13-31(38)36-25-19-24(35(40)41)20-26(21-25)37-32(39)14-10-8-12-23-17-29(44-3)34(47-6)30(18-23)45-4/h7-21H,1-6H3,(H,36,38)(H,37,39)(H,40,41). The van der Waals surface area contributed by atoms with E-state index < -0.39 is 17.8 Å². The van der Waals surface area contributed by atoms with Crippen LogP contribution in [0.15, 0.2) is 78.9 Å². The van der Waals surface area contributed by atoms with Gasteiger partial charge in [-0.15, -0.1) is 0 Å². The fourth-order valence-corrected chi connectivity index (χ4v) is 4.28.